The molecule has 0 atom stereocenters. The van der Waals surface area contributed by atoms with Crippen LogP contribution in [0.5, 0.6) is 0 Å². The van der Waals surface area contributed by atoms with Gasteiger partial charge in [-0.25, -0.2) is 0 Å². The van der Waals surface area contributed by atoms with E-state index in [1.165, 1.54) is 0 Å². The predicted octanol–water partition coefficient (Wildman–Crippen LogP) is 1.32. The van der Waals surface area contributed by atoms with Gasteiger partial charge in [0.1, 0.15) is 11.8 Å². The van der Waals surface area contributed by atoms with E-state index >= 15 is 0 Å². The van der Waals surface area contributed by atoms with Gasteiger partial charge in [-0.05, 0) is 13.8 Å². The third-order valence-electron chi connectivity index (χ3n) is 1.20. The zero-order chi connectivity index (χ0) is 6.78. The predicted molar refractivity (Wildman–Crippen MR) is 31.4 cm³/mol. The average molecular weight is 115 g/mol. The van der Waals surface area contributed by atoms with Crippen LogP contribution in [-0.4, -0.2) is 11.1 Å². The second kappa shape index (κ2) is 2.07. The Morgan fingerprint density at radius 2 is 2.12 bits per heavy atom. The van der Waals surface area contributed by atoms with Crippen molar-refractivity contribution < 1.29 is 9.90 Å². The Morgan fingerprint density at radius 1 is 1.75 bits per heavy atom. The molecule has 0 aromatic rings. The van der Waals surface area contributed by atoms with Gasteiger partial charge >= 0.3 is 5.97 Å². The van der Waals surface area contributed by atoms with Gasteiger partial charge in [-0.15, -0.1) is 0 Å². The maximum Gasteiger partial charge on any atom is 0.313 e. The fourth-order valence-electron chi connectivity index (χ4n) is 0.107. The zero-order valence-electron chi connectivity index (χ0n) is 5.27. The van der Waals surface area contributed by atoms with E-state index in [4.69, 9.17) is 5.11 Å². The molecule has 0 amide bonds. The Morgan fingerprint density at radius 3 is 2.12 bits per heavy atom. The molecular formula is C6H11O2+. The van der Waals surface area contributed by atoms with Gasteiger partial charge in [0.15, 0.2) is 0 Å². The lowest BCUT2D eigenvalue weighted by molar-refractivity contribution is -0.146. The van der Waals surface area contributed by atoms with E-state index in [0.29, 0.717) is 6.42 Å². The van der Waals surface area contributed by atoms with E-state index in [0.717, 1.165) is 0 Å². The summed E-state index contributed by atoms with van der Waals surface area (Å²) >= 11 is 0. The molecule has 2 heteroatoms. The van der Waals surface area contributed by atoms with Crippen LogP contribution in [0, 0.1) is 12.3 Å². The van der Waals surface area contributed by atoms with Crippen LogP contribution in [0.15, 0.2) is 0 Å². The molecule has 46 valence electrons. The maximum atomic E-state index is 10.2. The van der Waals surface area contributed by atoms with Gasteiger partial charge in [-0.3, -0.25) is 4.79 Å². The minimum atomic E-state index is -0.785. The highest BCUT2D eigenvalue weighted by molar-refractivity contribution is 5.73. The third kappa shape index (κ3) is 1.45. The molecule has 0 spiro atoms. The molecule has 2 nitrogen and oxygen atoms in total. The van der Waals surface area contributed by atoms with E-state index in [9.17, 15) is 4.79 Å². The van der Waals surface area contributed by atoms with E-state index < -0.39 is 11.4 Å². The number of hydrogen-bond acceptors (Lipinski definition) is 1. The summed E-state index contributed by atoms with van der Waals surface area (Å²) in [7, 11) is 0. The summed E-state index contributed by atoms with van der Waals surface area (Å²) in [5.41, 5.74) is -0.653. The molecule has 0 heterocycles. The van der Waals surface area contributed by atoms with Crippen LogP contribution in [0.3, 0.4) is 0 Å². The Labute approximate surface area is 49.5 Å². The van der Waals surface area contributed by atoms with Crippen molar-refractivity contribution in [2.75, 3.05) is 0 Å². The van der Waals surface area contributed by atoms with E-state index in [2.05, 4.69) is 6.92 Å². The highest BCUT2D eigenvalue weighted by Gasteiger charge is 2.27. The smallest absolute Gasteiger partial charge is 0.313 e. The molecule has 0 aliphatic heterocycles. The van der Waals surface area contributed by atoms with Crippen LogP contribution in [0.2, 0.25) is 0 Å². The summed E-state index contributed by atoms with van der Waals surface area (Å²) in [6.45, 7) is 6.81. The van der Waals surface area contributed by atoms with Gasteiger partial charge in [0.25, 0.3) is 0 Å². The van der Waals surface area contributed by atoms with Gasteiger partial charge in [0, 0.05) is 0 Å². The number of carbonyl (C=O) groups is 1. The first kappa shape index (κ1) is 7.34. The standard InChI is InChI=1S/C6H10O2/c1-4-6(2,3)5(7)8/h1,4H2,2-3H3/p+1. The van der Waals surface area contributed by atoms with Crippen molar-refractivity contribution in [2.24, 2.45) is 5.41 Å². The Bertz CT molecular complexity index is 94.7. The van der Waals surface area contributed by atoms with Crippen molar-refractivity contribution in [3.63, 3.8) is 0 Å². The van der Waals surface area contributed by atoms with Crippen LogP contribution in [-0.2, 0) is 4.79 Å². The van der Waals surface area contributed by atoms with Crippen LogP contribution in [0.4, 0.5) is 0 Å². The number of carboxylic acids is 1. The summed E-state index contributed by atoms with van der Waals surface area (Å²) in [4.78, 5) is 10.2. The summed E-state index contributed by atoms with van der Waals surface area (Å²) in [5, 5.41) is 8.40. The summed E-state index contributed by atoms with van der Waals surface area (Å²) in [6, 6.07) is 0. The van der Waals surface area contributed by atoms with E-state index in [1.807, 2.05) is 0 Å². The normalized spacial score (nSPS) is 11.2. The summed E-state index contributed by atoms with van der Waals surface area (Å²) < 4.78 is 0. The Balaban J connectivity index is 3.91. The van der Waals surface area contributed by atoms with Crippen molar-refractivity contribution >= 4 is 5.97 Å². The lowest BCUT2D eigenvalue weighted by atomic mass is 9.91. The van der Waals surface area contributed by atoms with Crippen molar-refractivity contribution in [2.45, 2.75) is 20.3 Å². The SMILES string of the molecule is [CH2+]CC(C)(C)C(=O)O. The quantitative estimate of drug-likeness (QED) is 0.551. The fraction of sp³-hybridized carbons (Fsp3) is 0.667. The molecule has 1 N–H and O–H groups in total. The molecule has 8 heavy (non-hydrogen) atoms. The van der Waals surface area contributed by atoms with Crippen molar-refractivity contribution in [3.8, 4) is 0 Å². The topological polar surface area (TPSA) is 37.3 Å². The number of rotatable bonds is 2. The lowest BCUT2D eigenvalue weighted by Gasteiger charge is -2.10. The molecule has 0 aliphatic carbocycles. The molecule has 0 rings (SSSR count). The first-order valence-corrected chi connectivity index (χ1v) is 2.53. The van der Waals surface area contributed by atoms with Gasteiger partial charge in [-0.1, -0.05) is 0 Å². The Kier molecular flexibility index (Phi) is 1.90. The molecule has 0 saturated carbocycles. The third-order valence-corrected chi connectivity index (χ3v) is 1.20. The maximum absolute atomic E-state index is 10.2. The van der Waals surface area contributed by atoms with Crippen LogP contribution in [0.1, 0.15) is 20.3 Å². The van der Waals surface area contributed by atoms with Crippen LogP contribution in [0.25, 0.3) is 0 Å². The summed E-state index contributed by atoms with van der Waals surface area (Å²) in [5.74, 6) is -0.785. The fourth-order valence-corrected chi connectivity index (χ4v) is 0.107. The molecule has 0 aromatic carbocycles. The molecular weight excluding hydrogens is 104 g/mol. The molecule has 0 saturated heterocycles. The highest BCUT2D eigenvalue weighted by atomic mass is 16.4. The summed E-state index contributed by atoms with van der Waals surface area (Å²) in [6.07, 6.45) is 0.433. The minimum absolute atomic E-state index is 0.433. The first-order valence-electron chi connectivity index (χ1n) is 2.53. The van der Waals surface area contributed by atoms with Crippen molar-refractivity contribution in [1.29, 1.82) is 0 Å². The van der Waals surface area contributed by atoms with Crippen molar-refractivity contribution in [3.05, 3.63) is 6.92 Å². The molecule has 0 fully saturated rings. The number of aliphatic carboxylic acids is 1. The first-order chi connectivity index (χ1) is 3.50. The number of carboxylic acid groups (broad SMARTS) is 1. The average Bonchev–Trinajstić information content (AvgIpc) is 1.67. The molecule has 0 aromatic heterocycles. The van der Waals surface area contributed by atoms with Crippen LogP contribution < -0.4 is 0 Å². The monoisotopic (exact) mass is 115 g/mol. The second-order valence-corrected chi connectivity index (χ2v) is 2.44. The zero-order valence-corrected chi connectivity index (χ0v) is 5.27. The molecule has 0 bridgehead atoms. The van der Waals surface area contributed by atoms with Gasteiger partial charge in [-0.2, -0.15) is 0 Å². The van der Waals surface area contributed by atoms with Gasteiger partial charge < -0.3 is 5.11 Å². The van der Waals surface area contributed by atoms with Gasteiger partial charge in [0.2, 0.25) is 0 Å². The van der Waals surface area contributed by atoms with E-state index in [-0.39, 0.29) is 0 Å². The van der Waals surface area contributed by atoms with Gasteiger partial charge in [0.05, 0.1) is 6.92 Å². The Hall–Kier alpha value is -0.660. The highest BCUT2D eigenvalue weighted by Crippen LogP contribution is 2.18. The van der Waals surface area contributed by atoms with Crippen LogP contribution >= 0.6 is 0 Å². The molecule has 0 aliphatic rings. The second-order valence-electron chi connectivity index (χ2n) is 2.44. The van der Waals surface area contributed by atoms with E-state index in [1.54, 1.807) is 13.8 Å². The lowest BCUT2D eigenvalue weighted by Crippen LogP contribution is -2.22. The molecule has 0 radical (unpaired) electrons. The largest absolute Gasteiger partial charge is 0.481 e. The molecule has 0 unspecified atom stereocenters. The number of hydrogen-bond donors (Lipinski definition) is 1. The minimum Gasteiger partial charge on any atom is -0.481 e. The van der Waals surface area contributed by atoms with Crippen molar-refractivity contribution in [1.82, 2.24) is 0 Å².